The molecule has 3 rings (SSSR count). The molecule has 0 bridgehead atoms. The first-order valence-corrected chi connectivity index (χ1v) is 8.34. The Morgan fingerprint density at radius 2 is 2.05 bits per heavy atom. The molecule has 8 heteroatoms. The van der Waals surface area contributed by atoms with Crippen LogP contribution in [-0.4, -0.2) is 42.3 Å². The molecule has 0 amide bonds. The number of nitrogens with zero attached hydrogens (tertiary/aromatic N) is 5. The van der Waals surface area contributed by atoms with E-state index in [0.717, 1.165) is 18.1 Å². The van der Waals surface area contributed by atoms with E-state index in [1.54, 1.807) is 17.1 Å². The van der Waals surface area contributed by atoms with Crippen LogP contribution in [0, 0.1) is 0 Å². The fourth-order valence-corrected chi connectivity index (χ4v) is 3.30. The van der Waals surface area contributed by atoms with Gasteiger partial charge in [0.15, 0.2) is 0 Å². The van der Waals surface area contributed by atoms with E-state index in [2.05, 4.69) is 31.6 Å². The molecule has 0 radical (unpaired) electrons. The molecule has 112 valence electrons. The van der Waals surface area contributed by atoms with Crippen LogP contribution in [0.15, 0.2) is 18.5 Å². The van der Waals surface area contributed by atoms with Crippen molar-refractivity contribution in [2.75, 3.05) is 17.3 Å². The Hall–Kier alpha value is -1.83. The Morgan fingerprint density at radius 1 is 1.24 bits per heavy atom. The van der Waals surface area contributed by atoms with E-state index in [9.17, 15) is 0 Å². The molecule has 0 saturated heterocycles. The van der Waals surface area contributed by atoms with Crippen LogP contribution >= 0.6 is 11.8 Å². The maximum atomic E-state index is 5.77. The average molecular weight is 305 g/mol. The summed E-state index contributed by atoms with van der Waals surface area (Å²) in [7, 11) is 0. The molecular weight excluding hydrogens is 286 g/mol. The Balaban J connectivity index is 1.71. The van der Waals surface area contributed by atoms with Crippen LogP contribution in [0.1, 0.15) is 25.7 Å². The number of nitrogens with one attached hydrogen (secondary N) is 1. The lowest BCUT2D eigenvalue weighted by Crippen LogP contribution is -2.28. The van der Waals surface area contributed by atoms with E-state index in [1.165, 1.54) is 12.8 Å². The zero-order valence-corrected chi connectivity index (χ0v) is 12.8. The molecule has 1 aliphatic carbocycles. The largest absolute Gasteiger partial charge is 0.368 e. The second kappa shape index (κ2) is 6.30. The first-order chi connectivity index (χ1) is 10.2. The molecule has 2 aromatic rings. The standard InChI is InChI=1S/C13H19N7S/c1-21-10-5-3-9(4-6-10)16-12-17-11(14)18-13(19-12)20-8-2-7-15-20/h2,7-10H,3-6H2,1H3,(H3,14,16,17,18,19). The van der Waals surface area contributed by atoms with E-state index in [1.807, 2.05) is 17.8 Å². The molecule has 1 aliphatic rings. The predicted octanol–water partition coefficient (Wildman–Crippen LogP) is 1.73. The summed E-state index contributed by atoms with van der Waals surface area (Å²) in [5.74, 6) is 1.17. The minimum Gasteiger partial charge on any atom is -0.368 e. The van der Waals surface area contributed by atoms with Crippen LogP contribution < -0.4 is 11.1 Å². The van der Waals surface area contributed by atoms with Crippen molar-refractivity contribution in [3.63, 3.8) is 0 Å². The zero-order chi connectivity index (χ0) is 14.7. The van der Waals surface area contributed by atoms with Gasteiger partial charge < -0.3 is 11.1 Å². The maximum Gasteiger partial charge on any atom is 0.257 e. The minimum atomic E-state index is 0.204. The Labute approximate surface area is 127 Å². The van der Waals surface area contributed by atoms with Crippen molar-refractivity contribution >= 4 is 23.7 Å². The molecule has 2 aromatic heterocycles. The van der Waals surface area contributed by atoms with Gasteiger partial charge in [-0.05, 0) is 38.0 Å². The lowest BCUT2D eigenvalue weighted by atomic mass is 9.95. The summed E-state index contributed by atoms with van der Waals surface area (Å²) in [6, 6.07) is 2.22. The molecule has 0 spiro atoms. The molecule has 0 aliphatic heterocycles. The van der Waals surface area contributed by atoms with Gasteiger partial charge in [0.1, 0.15) is 0 Å². The average Bonchev–Trinajstić information content (AvgIpc) is 3.02. The van der Waals surface area contributed by atoms with Gasteiger partial charge in [-0.2, -0.15) is 31.8 Å². The SMILES string of the molecule is CSC1CCC(Nc2nc(N)nc(-n3cccn3)n2)CC1. The van der Waals surface area contributed by atoms with Crippen molar-refractivity contribution in [3.05, 3.63) is 18.5 Å². The molecule has 1 saturated carbocycles. The molecule has 3 N–H and O–H groups in total. The predicted molar refractivity (Wildman–Crippen MR) is 84.5 cm³/mol. The van der Waals surface area contributed by atoms with Crippen LogP contribution in [0.3, 0.4) is 0 Å². The highest BCUT2D eigenvalue weighted by molar-refractivity contribution is 7.99. The molecule has 2 heterocycles. The van der Waals surface area contributed by atoms with Gasteiger partial charge in [0, 0.05) is 23.7 Å². The number of aromatic nitrogens is 5. The fraction of sp³-hybridized carbons (Fsp3) is 0.538. The van der Waals surface area contributed by atoms with Crippen molar-refractivity contribution in [3.8, 4) is 5.95 Å². The normalized spacial score (nSPS) is 22.1. The number of hydrogen-bond donors (Lipinski definition) is 2. The first-order valence-electron chi connectivity index (χ1n) is 7.05. The molecule has 1 fully saturated rings. The van der Waals surface area contributed by atoms with Gasteiger partial charge in [-0.15, -0.1) is 0 Å². The summed E-state index contributed by atoms with van der Waals surface area (Å²) < 4.78 is 1.58. The lowest BCUT2D eigenvalue weighted by Gasteiger charge is -2.28. The van der Waals surface area contributed by atoms with Gasteiger partial charge in [-0.1, -0.05) is 0 Å². The molecule has 0 unspecified atom stereocenters. The van der Waals surface area contributed by atoms with Crippen LogP contribution in [-0.2, 0) is 0 Å². The molecular formula is C13H19N7S. The molecule has 7 nitrogen and oxygen atoms in total. The van der Waals surface area contributed by atoms with Crippen LogP contribution in [0.2, 0.25) is 0 Å². The Bertz CT molecular complexity index is 578. The highest BCUT2D eigenvalue weighted by Gasteiger charge is 2.21. The molecule has 0 aromatic carbocycles. The summed E-state index contributed by atoms with van der Waals surface area (Å²) >= 11 is 1.96. The van der Waals surface area contributed by atoms with Crippen molar-refractivity contribution in [1.82, 2.24) is 24.7 Å². The number of anilines is 2. The van der Waals surface area contributed by atoms with Crippen molar-refractivity contribution in [1.29, 1.82) is 0 Å². The highest BCUT2D eigenvalue weighted by atomic mass is 32.2. The summed E-state index contributed by atoms with van der Waals surface area (Å²) in [5.41, 5.74) is 5.77. The highest BCUT2D eigenvalue weighted by Crippen LogP contribution is 2.28. The number of hydrogen-bond acceptors (Lipinski definition) is 7. The zero-order valence-electron chi connectivity index (χ0n) is 11.9. The summed E-state index contributed by atoms with van der Waals surface area (Å²) in [4.78, 5) is 12.7. The number of nitrogen functional groups attached to an aromatic ring is 1. The van der Waals surface area contributed by atoms with Gasteiger partial charge >= 0.3 is 0 Å². The summed E-state index contributed by atoms with van der Waals surface area (Å²) in [5, 5.41) is 8.27. The van der Waals surface area contributed by atoms with Gasteiger partial charge in [0.25, 0.3) is 5.95 Å². The number of nitrogens with two attached hydrogens (primary N) is 1. The monoisotopic (exact) mass is 305 g/mol. The molecule has 0 atom stereocenters. The van der Waals surface area contributed by atoms with Crippen LogP contribution in [0.25, 0.3) is 5.95 Å². The van der Waals surface area contributed by atoms with E-state index in [-0.39, 0.29) is 5.95 Å². The van der Waals surface area contributed by atoms with Crippen molar-refractivity contribution in [2.24, 2.45) is 0 Å². The second-order valence-corrected chi connectivity index (χ2v) is 6.26. The summed E-state index contributed by atoms with van der Waals surface area (Å²) in [6.07, 6.45) is 10.4. The van der Waals surface area contributed by atoms with Crippen molar-refractivity contribution in [2.45, 2.75) is 37.0 Å². The molecule has 21 heavy (non-hydrogen) atoms. The minimum absolute atomic E-state index is 0.204. The third-order valence-electron chi connectivity index (χ3n) is 3.69. The van der Waals surface area contributed by atoms with Gasteiger partial charge in [0.2, 0.25) is 11.9 Å². The van der Waals surface area contributed by atoms with Crippen LogP contribution in [0.4, 0.5) is 11.9 Å². The van der Waals surface area contributed by atoms with Gasteiger partial charge in [-0.25, -0.2) is 4.68 Å². The van der Waals surface area contributed by atoms with E-state index in [0.29, 0.717) is 17.9 Å². The number of thioether (sulfide) groups is 1. The van der Waals surface area contributed by atoms with Crippen molar-refractivity contribution < 1.29 is 0 Å². The second-order valence-electron chi connectivity index (χ2n) is 5.12. The Kier molecular flexibility index (Phi) is 4.23. The van der Waals surface area contributed by atoms with E-state index >= 15 is 0 Å². The fourth-order valence-electron chi connectivity index (χ4n) is 2.56. The smallest absolute Gasteiger partial charge is 0.257 e. The maximum absolute atomic E-state index is 5.77. The quantitative estimate of drug-likeness (QED) is 0.888. The van der Waals surface area contributed by atoms with E-state index in [4.69, 9.17) is 5.73 Å². The topological polar surface area (TPSA) is 94.5 Å². The Morgan fingerprint density at radius 3 is 2.71 bits per heavy atom. The van der Waals surface area contributed by atoms with Gasteiger partial charge in [0.05, 0.1) is 0 Å². The van der Waals surface area contributed by atoms with Gasteiger partial charge in [-0.3, -0.25) is 0 Å². The number of rotatable bonds is 4. The third kappa shape index (κ3) is 3.44. The summed E-state index contributed by atoms with van der Waals surface area (Å²) in [6.45, 7) is 0. The lowest BCUT2D eigenvalue weighted by molar-refractivity contribution is 0.471. The third-order valence-corrected chi connectivity index (χ3v) is 4.83. The van der Waals surface area contributed by atoms with Crippen LogP contribution in [0.5, 0.6) is 0 Å². The first kappa shape index (κ1) is 14.1. The van der Waals surface area contributed by atoms with E-state index < -0.39 is 0 Å².